The molecule has 0 unspecified atom stereocenters. The Hall–Kier alpha value is -0.121. The molecule has 0 rings (SSSR count). The Kier molecular flexibility index (Phi) is 14.0. The summed E-state index contributed by atoms with van der Waals surface area (Å²) in [6.45, 7) is 1.43. The Labute approximate surface area is 63.7 Å². The molecule has 0 aromatic rings. The van der Waals surface area contributed by atoms with E-state index in [1.165, 1.54) is 6.92 Å². The molecule has 0 heterocycles. The second-order valence-electron chi connectivity index (χ2n) is 0.632. The Morgan fingerprint density at radius 1 is 1.44 bits per heavy atom. The van der Waals surface area contributed by atoms with E-state index < -0.39 is 10.4 Å². The summed E-state index contributed by atoms with van der Waals surface area (Å²) in [4.78, 5) is 0. The Morgan fingerprint density at radius 3 is 1.44 bits per heavy atom. The Morgan fingerprint density at radius 2 is 1.44 bits per heavy atom. The SMILES string of the molecule is CC#N.O=S(=O)([O-])[O-].[Cu+2]. The first-order valence-corrected chi connectivity index (χ1v) is 2.72. The molecule has 0 atom stereocenters. The van der Waals surface area contributed by atoms with Crippen molar-refractivity contribution in [3.05, 3.63) is 0 Å². The minimum absolute atomic E-state index is 0. The molecule has 0 N–H and O–H groups in total. The molecule has 57 valence electrons. The van der Waals surface area contributed by atoms with E-state index in [0.717, 1.165) is 0 Å². The third kappa shape index (κ3) is 18800. The molecular weight excluding hydrogens is 198 g/mol. The average molecular weight is 201 g/mol. The van der Waals surface area contributed by atoms with Gasteiger partial charge in [-0.1, -0.05) is 0 Å². The molecule has 0 aliphatic heterocycles. The molecule has 0 spiro atoms. The fourth-order valence-electron chi connectivity index (χ4n) is 0. The smallest absolute Gasteiger partial charge is 0.759 e. The van der Waals surface area contributed by atoms with Crippen LogP contribution in [0.25, 0.3) is 0 Å². The fraction of sp³-hybridized carbons (Fsp3) is 0.500. The quantitative estimate of drug-likeness (QED) is 0.289. The summed E-state index contributed by atoms with van der Waals surface area (Å²) in [5.74, 6) is 0. The van der Waals surface area contributed by atoms with Crippen molar-refractivity contribution in [3.8, 4) is 6.07 Å². The van der Waals surface area contributed by atoms with Gasteiger partial charge in [-0.25, -0.2) is 0 Å². The van der Waals surface area contributed by atoms with E-state index in [2.05, 4.69) is 0 Å². The minimum Gasteiger partial charge on any atom is -0.759 e. The first kappa shape index (κ1) is 15.9. The Balaban J connectivity index is -0.0000000800. The zero-order valence-electron chi connectivity index (χ0n) is 4.29. The molecule has 9 heavy (non-hydrogen) atoms. The summed E-state index contributed by atoms with van der Waals surface area (Å²) in [5, 5.41) is 7.32. The van der Waals surface area contributed by atoms with Gasteiger partial charge in [-0.15, -0.1) is 0 Å². The average Bonchev–Trinajstić information content (AvgIpc) is 1.27. The maximum absolute atomic E-state index is 8.52. The molecule has 0 aliphatic rings. The predicted octanol–water partition coefficient (Wildman–Crippen LogP) is -0.811. The first-order valence-electron chi connectivity index (χ1n) is 1.39. The summed E-state index contributed by atoms with van der Waals surface area (Å²) < 4.78 is 34.1. The van der Waals surface area contributed by atoms with Crippen LogP contribution in [0.5, 0.6) is 0 Å². The van der Waals surface area contributed by atoms with E-state index in [4.69, 9.17) is 22.8 Å². The zero-order chi connectivity index (χ0) is 7.21. The van der Waals surface area contributed by atoms with E-state index in [9.17, 15) is 0 Å². The van der Waals surface area contributed by atoms with Gasteiger partial charge in [0.2, 0.25) is 0 Å². The van der Waals surface area contributed by atoms with Crippen LogP contribution in [-0.2, 0) is 27.5 Å². The molecule has 0 saturated heterocycles. The number of hydrogen-bond acceptors (Lipinski definition) is 5. The monoisotopic (exact) mass is 200 g/mol. The van der Waals surface area contributed by atoms with Crippen LogP contribution < -0.4 is 0 Å². The summed E-state index contributed by atoms with van der Waals surface area (Å²) in [5.41, 5.74) is 0. The molecule has 0 aromatic heterocycles. The van der Waals surface area contributed by atoms with Gasteiger partial charge in [0.25, 0.3) is 0 Å². The predicted molar refractivity (Wildman–Crippen MR) is 21.8 cm³/mol. The van der Waals surface area contributed by atoms with Crippen LogP contribution in [0.2, 0.25) is 0 Å². The molecule has 5 nitrogen and oxygen atoms in total. The first-order chi connectivity index (χ1) is 3.41. The van der Waals surface area contributed by atoms with Gasteiger partial charge in [0.15, 0.2) is 0 Å². The van der Waals surface area contributed by atoms with Gasteiger partial charge in [-0.05, 0) is 0 Å². The number of nitriles is 1. The number of nitrogens with zero attached hydrogens (tertiary/aromatic N) is 1. The van der Waals surface area contributed by atoms with Crippen LogP contribution in [-0.4, -0.2) is 17.5 Å². The molecule has 0 aliphatic carbocycles. The summed E-state index contributed by atoms with van der Waals surface area (Å²) >= 11 is 0. The topological polar surface area (TPSA) is 104 Å². The molecule has 0 aromatic carbocycles. The molecular formula is C2H3CuNO4S. The second-order valence-corrected chi connectivity index (χ2v) is 1.45. The number of rotatable bonds is 0. The number of hydrogen-bond donors (Lipinski definition) is 0. The summed E-state index contributed by atoms with van der Waals surface area (Å²) in [6.07, 6.45) is 0. The van der Waals surface area contributed by atoms with Crippen LogP contribution >= 0.6 is 0 Å². The van der Waals surface area contributed by atoms with Gasteiger partial charge < -0.3 is 9.11 Å². The van der Waals surface area contributed by atoms with Crippen LogP contribution in [0.15, 0.2) is 0 Å². The van der Waals surface area contributed by atoms with E-state index in [1.807, 2.05) is 0 Å². The van der Waals surface area contributed by atoms with E-state index in [-0.39, 0.29) is 17.1 Å². The van der Waals surface area contributed by atoms with E-state index in [1.54, 1.807) is 6.07 Å². The van der Waals surface area contributed by atoms with Crippen molar-refractivity contribution < 1.29 is 34.6 Å². The van der Waals surface area contributed by atoms with Crippen molar-refractivity contribution in [1.29, 1.82) is 5.26 Å². The molecule has 1 radical (unpaired) electrons. The van der Waals surface area contributed by atoms with Crippen molar-refractivity contribution in [2.75, 3.05) is 0 Å². The molecule has 0 bridgehead atoms. The molecule has 0 saturated carbocycles. The van der Waals surface area contributed by atoms with Gasteiger partial charge in [-0.2, -0.15) is 5.26 Å². The minimum atomic E-state index is -5.17. The van der Waals surface area contributed by atoms with Crippen molar-refractivity contribution in [1.82, 2.24) is 0 Å². The Bertz CT molecular complexity index is 159. The van der Waals surface area contributed by atoms with Crippen molar-refractivity contribution in [2.45, 2.75) is 6.92 Å². The van der Waals surface area contributed by atoms with Crippen molar-refractivity contribution in [2.24, 2.45) is 0 Å². The van der Waals surface area contributed by atoms with Crippen molar-refractivity contribution >= 4 is 10.4 Å². The summed E-state index contributed by atoms with van der Waals surface area (Å²) in [7, 11) is -5.17. The maximum atomic E-state index is 8.52. The third-order valence-electron chi connectivity index (χ3n) is 0. The van der Waals surface area contributed by atoms with Crippen LogP contribution in [0, 0.1) is 11.3 Å². The standard InChI is InChI=1S/C2H3N.Cu.H2O4S/c1-2-3;;1-5(2,3)4/h1H3;;(H2,1,2,3,4)/q;+2;/p-2. The molecule has 0 amide bonds. The molecule has 0 fully saturated rings. The van der Waals surface area contributed by atoms with Gasteiger partial charge in [0.1, 0.15) is 0 Å². The second kappa shape index (κ2) is 7.88. The van der Waals surface area contributed by atoms with E-state index in [0.29, 0.717) is 0 Å². The van der Waals surface area contributed by atoms with Gasteiger partial charge in [-0.3, -0.25) is 8.42 Å². The third-order valence-corrected chi connectivity index (χ3v) is 0. The zero-order valence-corrected chi connectivity index (χ0v) is 6.05. The fourth-order valence-corrected chi connectivity index (χ4v) is 0. The molecule has 7 heteroatoms. The van der Waals surface area contributed by atoms with Crippen LogP contribution in [0.3, 0.4) is 0 Å². The van der Waals surface area contributed by atoms with Crippen LogP contribution in [0.4, 0.5) is 0 Å². The van der Waals surface area contributed by atoms with Gasteiger partial charge in [0.05, 0.1) is 6.07 Å². The van der Waals surface area contributed by atoms with Gasteiger partial charge >= 0.3 is 17.1 Å². The van der Waals surface area contributed by atoms with Gasteiger partial charge in [0, 0.05) is 17.3 Å². The normalized spacial score (nSPS) is 7.33. The maximum Gasteiger partial charge on any atom is 2.00 e. The van der Waals surface area contributed by atoms with E-state index >= 15 is 0 Å². The summed E-state index contributed by atoms with van der Waals surface area (Å²) in [6, 6.07) is 1.75. The van der Waals surface area contributed by atoms with Crippen LogP contribution in [0.1, 0.15) is 6.92 Å². The van der Waals surface area contributed by atoms with Crippen molar-refractivity contribution in [3.63, 3.8) is 0 Å². The largest absolute Gasteiger partial charge is 2.00 e.